The van der Waals surface area contributed by atoms with E-state index in [-0.39, 0.29) is 0 Å². The number of fused-ring (bicyclic) bond motifs is 1. The van der Waals surface area contributed by atoms with Crippen LogP contribution in [0.4, 0.5) is 0 Å². The van der Waals surface area contributed by atoms with Crippen molar-refractivity contribution in [1.82, 2.24) is 14.8 Å². The average molecular weight is 285 g/mol. The van der Waals surface area contributed by atoms with Crippen molar-refractivity contribution in [2.45, 2.75) is 39.3 Å². The summed E-state index contributed by atoms with van der Waals surface area (Å²) in [6.07, 6.45) is 6.28. The Kier molecular flexibility index (Phi) is 4.94. The summed E-state index contributed by atoms with van der Waals surface area (Å²) in [4.78, 5) is 2.60. The fourth-order valence-electron chi connectivity index (χ4n) is 3.40. The van der Waals surface area contributed by atoms with Crippen LogP contribution in [0.2, 0.25) is 0 Å². The van der Waals surface area contributed by atoms with Gasteiger partial charge in [-0.25, -0.2) is 0 Å². The smallest absolute Gasteiger partial charge is 0.0525 e. The fourth-order valence-corrected chi connectivity index (χ4v) is 3.40. The van der Waals surface area contributed by atoms with Crippen molar-refractivity contribution in [3.63, 3.8) is 0 Å². The lowest BCUT2D eigenvalue weighted by Gasteiger charge is -2.15. The van der Waals surface area contributed by atoms with Crippen LogP contribution in [0.25, 0.3) is 10.9 Å². The molecule has 1 aliphatic heterocycles. The first-order chi connectivity index (χ1) is 10.4. The second-order valence-corrected chi connectivity index (χ2v) is 6.05. The first-order valence-electron chi connectivity index (χ1n) is 8.38. The molecule has 3 heteroatoms. The summed E-state index contributed by atoms with van der Waals surface area (Å²) in [6, 6.07) is 8.90. The molecule has 0 atom stereocenters. The number of nitrogens with zero attached hydrogens (tertiary/aromatic N) is 2. The van der Waals surface area contributed by atoms with Crippen LogP contribution in [0.3, 0.4) is 0 Å². The Morgan fingerprint density at radius 2 is 1.95 bits per heavy atom. The van der Waals surface area contributed by atoms with Crippen LogP contribution in [0, 0.1) is 0 Å². The van der Waals surface area contributed by atoms with Gasteiger partial charge in [-0.05, 0) is 62.5 Å². The molecule has 0 amide bonds. The lowest BCUT2D eigenvalue weighted by Crippen LogP contribution is -2.21. The quantitative estimate of drug-likeness (QED) is 0.843. The van der Waals surface area contributed by atoms with E-state index in [4.69, 9.17) is 0 Å². The molecule has 3 nitrogen and oxygen atoms in total. The summed E-state index contributed by atoms with van der Waals surface area (Å²) in [5, 5.41) is 4.82. The van der Waals surface area contributed by atoms with Crippen LogP contribution in [0.5, 0.6) is 0 Å². The second-order valence-electron chi connectivity index (χ2n) is 6.05. The summed E-state index contributed by atoms with van der Waals surface area (Å²) in [7, 11) is 0. The molecule has 1 aromatic heterocycles. The third kappa shape index (κ3) is 3.47. The standard InChI is InChI=1S/C18H27N3/c1-2-19-15-17-8-5-7-16-9-14-21(18(16)17)13-6-12-20-10-3-4-11-20/h5,7-9,14,19H,2-4,6,10-13,15H2,1H3. The van der Waals surface area contributed by atoms with Gasteiger partial charge >= 0.3 is 0 Å². The van der Waals surface area contributed by atoms with Crippen molar-refractivity contribution in [2.24, 2.45) is 0 Å². The highest BCUT2D eigenvalue weighted by atomic mass is 15.1. The Hall–Kier alpha value is -1.32. The summed E-state index contributed by atoms with van der Waals surface area (Å²) in [6.45, 7) is 9.12. The van der Waals surface area contributed by atoms with Gasteiger partial charge in [0, 0.05) is 19.3 Å². The van der Waals surface area contributed by atoms with Crippen LogP contribution in [0.1, 0.15) is 31.7 Å². The molecule has 2 heterocycles. The zero-order chi connectivity index (χ0) is 14.5. The van der Waals surface area contributed by atoms with Crippen molar-refractivity contribution < 1.29 is 0 Å². The number of benzene rings is 1. The molecule has 21 heavy (non-hydrogen) atoms. The Balaban J connectivity index is 1.68. The molecule has 0 aliphatic carbocycles. The minimum absolute atomic E-state index is 0.962. The third-order valence-corrected chi connectivity index (χ3v) is 4.51. The van der Waals surface area contributed by atoms with E-state index in [1.165, 1.54) is 55.4 Å². The maximum Gasteiger partial charge on any atom is 0.0525 e. The topological polar surface area (TPSA) is 20.2 Å². The predicted molar refractivity (Wildman–Crippen MR) is 89.6 cm³/mol. The van der Waals surface area contributed by atoms with E-state index in [0.717, 1.165) is 19.6 Å². The van der Waals surface area contributed by atoms with E-state index in [1.807, 2.05) is 0 Å². The summed E-state index contributed by atoms with van der Waals surface area (Å²) < 4.78 is 2.44. The molecule has 0 bridgehead atoms. The fraction of sp³-hybridized carbons (Fsp3) is 0.556. The van der Waals surface area contributed by atoms with Gasteiger partial charge in [0.25, 0.3) is 0 Å². The lowest BCUT2D eigenvalue weighted by atomic mass is 10.1. The molecule has 1 fully saturated rings. The van der Waals surface area contributed by atoms with Crippen LogP contribution < -0.4 is 5.32 Å². The van der Waals surface area contributed by atoms with Crippen LogP contribution >= 0.6 is 0 Å². The molecule has 0 saturated carbocycles. The zero-order valence-electron chi connectivity index (χ0n) is 13.1. The number of para-hydroxylation sites is 1. The summed E-state index contributed by atoms with van der Waals surface area (Å²) in [5.74, 6) is 0. The number of aromatic nitrogens is 1. The summed E-state index contributed by atoms with van der Waals surface area (Å²) >= 11 is 0. The van der Waals surface area contributed by atoms with E-state index >= 15 is 0 Å². The largest absolute Gasteiger partial charge is 0.347 e. The van der Waals surface area contributed by atoms with Crippen LogP contribution in [-0.4, -0.2) is 35.6 Å². The maximum atomic E-state index is 3.45. The van der Waals surface area contributed by atoms with Gasteiger partial charge in [-0.2, -0.15) is 0 Å². The second kappa shape index (κ2) is 7.10. The Labute approximate surface area is 127 Å². The molecule has 114 valence electrons. The van der Waals surface area contributed by atoms with Gasteiger partial charge in [-0.3, -0.25) is 0 Å². The first-order valence-corrected chi connectivity index (χ1v) is 8.38. The number of nitrogens with one attached hydrogen (secondary N) is 1. The Bertz CT molecular complexity index is 567. The normalized spacial score (nSPS) is 16.0. The van der Waals surface area contributed by atoms with E-state index < -0.39 is 0 Å². The summed E-state index contributed by atoms with van der Waals surface area (Å²) in [5.41, 5.74) is 2.83. The van der Waals surface area contributed by atoms with Crippen molar-refractivity contribution >= 4 is 10.9 Å². The number of aryl methyl sites for hydroxylation is 1. The van der Waals surface area contributed by atoms with Crippen molar-refractivity contribution in [3.8, 4) is 0 Å². The average Bonchev–Trinajstić information content (AvgIpc) is 3.15. The molecule has 1 saturated heterocycles. The number of rotatable bonds is 7. The number of hydrogen-bond donors (Lipinski definition) is 1. The number of likely N-dealkylation sites (tertiary alicyclic amines) is 1. The molecule has 3 rings (SSSR count). The minimum Gasteiger partial charge on any atom is -0.347 e. The van der Waals surface area contributed by atoms with Gasteiger partial charge < -0.3 is 14.8 Å². The van der Waals surface area contributed by atoms with Gasteiger partial charge in [0.15, 0.2) is 0 Å². The van der Waals surface area contributed by atoms with Gasteiger partial charge in [0.05, 0.1) is 5.52 Å². The van der Waals surface area contributed by atoms with Gasteiger partial charge in [-0.15, -0.1) is 0 Å². The monoisotopic (exact) mass is 285 g/mol. The molecular formula is C18H27N3. The molecule has 1 N–H and O–H groups in total. The molecule has 0 radical (unpaired) electrons. The Morgan fingerprint density at radius 1 is 1.10 bits per heavy atom. The molecular weight excluding hydrogens is 258 g/mol. The molecule has 1 aliphatic rings. The minimum atomic E-state index is 0.962. The van der Waals surface area contributed by atoms with Crippen molar-refractivity contribution in [2.75, 3.05) is 26.2 Å². The number of hydrogen-bond acceptors (Lipinski definition) is 2. The van der Waals surface area contributed by atoms with E-state index in [2.05, 4.69) is 52.2 Å². The SMILES string of the molecule is CCNCc1cccc2ccn(CCCN3CCCC3)c12. The predicted octanol–water partition coefficient (Wildman–Crippen LogP) is 3.24. The van der Waals surface area contributed by atoms with Crippen LogP contribution in [-0.2, 0) is 13.1 Å². The zero-order valence-corrected chi connectivity index (χ0v) is 13.1. The third-order valence-electron chi connectivity index (χ3n) is 4.51. The molecule has 0 spiro atoms. The lowest BCUT2D eigenvalue weighted by molar-refractivity contribution is 0.326. The Morgan fingerprint density at radius 3 is 2.76 bits per heavy atom. The molecule has 1 aromatic carbocycles. The molecule has 0 unspecified atom stereocenters. The maximum absolute atomic E-state index is 3.45. The van der Waals surface area contributed by atoms with E-state index in [9.17, 15) is 0 Å². The first kappa shape index (κ1) is 14.6. The van der Waals surface area contributed by atoms with E-state index in [1.54, 1.807) is 0 Å². The van der Waals surface area contributed by atoms with E-state index in [0.29, 0.717) is 0 Å². The van der Waals surface area contributed by atoms with Gasteiger partial charge in [-0.1, -0.05) is 25.1 Å². The highest BCUT2D eigenvalue weighted by Gasteiger charge is 2.11. The highest BCUT2D eigenvalue weighted by molar-refractivity contribution is 5.83. The van der Waals surface area contributed by atoms with Gasteiger partial charge in [0.2, 0.25) is 0 Å². The molecule has 2 aromatic rings. The van der Waals surface area contributed by atoms with Crippen molar-refractivity contribution in [3.05, 3.63) is 36.0 Å². The van der Waals surface area contributed by atoms with Crippen molar-refractivity contribution in [1.29, 1.82) is 0 Å². The highest BCUT2D eigenvalue weighted by Crippen LogP contribution is 2.21. The van der Waals surface area contributed by atoms with Gasteiger partial charge in [0.1, 0.15) is 0 Å². The van der Waals surface area contributed by atoms with Crippen LogP contribution in [0.15, 0.2) is 30.5 Å².